The van der Waals surface area contributed by atoms with Crippen molar-refractivity contribution in [3.05, 3.63) is 23.8 Å². The summed E-state index contributed by atoms with van der Waals surface area (Å²) in [6.07, 6.45) is 13.3. The van der Waals surface area contributed by atoms with Crippen LogP contribution in [0, 0.1) is 29.1 Å². The molecule has 7 atom stereocenters. The van der Waals surface area contributed by atoms with E-state index >= 15 is 0 Å². The van der Waals surface area contributed by atoms with Gasteiger partial charge in [0.2, 0.25) is 0 Å². The lowest BCUT2D eigenvalue weighted by molar-refractivity contribution is 0.0519. The molecule has 3 aliphatic carbocycles. The Morgan fingerprint density at radius 1 is 1.23 bits per heavy atom. The van der Waals surface area contributed by atoms with Gasteiger partial charge in [0.05, 0.1) is 17.8 Å². The van der Waals surface area contributed by atoms with E-state index in [4.69, 9.17) is 0 Å². The lowest BCUT2D eigenvalue weighted by atomic mass is 9.60. The summed E-state index contributed by atoms with van der Waals surface area (Å²) in [5, 5.41) is 30.3. The van der Waals surface area contributed by atoms with Gasteiger partial charge in [-0.2, -0.15) is 0 Å². The lowest BCUT2D eigenvalue weighted by Gasteiger charge is -2.44. The Balaban J connectivity index is 1.64. The van der Waals surface area contributed by atoms with Gasteiger partial charge in [-0.3, -0.25) is 0 Å². The van der Waals surface area contributed by atoms with Crippen molar-refractivity contribution in [2.75, 3.05) is 0 Å². The average Bonchev–Trinajstić information content (AvgIpc) is 3.00. The molecule has 0 aromatic carbocycles. The van der Waals surface area contributed by atoms with E-state index in [1.54, 1.807) is 5.57 Å². The molecule has 0 heterocycles. The highest BCUT2D eigenvalue weighted by molar-refractivity contribution is 5.21. The number of hydrogen-bond donors (Lipinski definition) is 3. The zero-order valence-corrected chi connectivity index (χ0v) is 19.9. The van der Waals surface area contributed by atoms with E-state index in [0.717, 1.165) is 37.2 Å². The van der Waals surface area contributed by atoms with Crippen molar-refractivity contribution in [1.82, 2.24) is 0 Å². The van der Waals surface area contributed by atoms with Gasteiger partial charge in [-0.05, 0) is 99.9 Å². The molecule has 0 amide bonds. The number of allylic oxidation sites excluding steroid dienone is 2. The Kier molecular flexibility index (Phi) is 7.58. The second kappa shape index (κ2) is 9.46. The lowest BCUT2D eigenvalue weighted by Crippen LogP contribution is -2.36. The first-order valence-corrected chi connectivity index (χ1v) is 12.5. The summed E-state index contributed by atoms with van der Waals surface area (Å²) < 4.78 is 0. The number of rotatable bonds is 7. The Hall–Kier alpha value is -0.640. The molecule has 0 bridgehead atoms. The van der Waals surface area contributed by atoms with Gasteiger partial charge in [0.15, 0.2) is 0 Å². The summed E-state index contributed by atoms with van der Waals surface area (Å²) in [7, 11) is 0. The topological polar surface area (TPSA) is 60.7 Å². The minimum absolute atomic E-state index is 0.211. The summed E-state index contributed by atoms with van der Waals surface area (Å²) in [5.41, 5.74) is 2.41. The van der Waals surface area contributed by atoms with Gasteiger partial charge in [-0.25, -0.2) is 0 Å². The monoisotopic (exact) mass is 418 g/mol. The standard InChI is InChI=1S/C27H46O3/c1-18(8-6-14-26(3,4)30)23-12-13-24-20(9-7-15-27(23,24)5)10-11-21-16-22(28)17-25(29)19(21)2/h10,18,21-25,28-30H,2,6-9,11-17H2,1,3-5H3/b20-10+/t18-,21?,22?,23?,24?,25?,27+/m0/s1. The van der Waals surface area contributed by atoms with Crippen molar-refractivity contribution in [2.45, 2.75) is 116 Å². The summed E-state index contributed by atoms with van der Waals surface area (Å²) in [5.74, 6) is 2.40. The van der Waals surface area contributed by atoms with Crippen LogP contribution < -0.4 is 0 Å². The van der Waals surface area contributed by atoms with E-state index in [1.807, 2.05) is 13.8 Å². The van der Waals surface area contributed by atoms with Gasteiger partial charge in [-0.1, -0.05) is 44.9 Å². The molecule has 0 saturated heterocycles. The van der Waals surface area contributed by atoms with Crippen molar-refractivity contribution in [2.24, 2.45) is 29.1 Å². The molecular weight excluding hydrogens is 372 g/mol. The van der Waals surface area contributed by atoms with Crippen LogP contribution in [-0.4, -0.2) is 33.1 Å². The van der Waals surface area contributed by atoms with Crippen LogP contribution in [0.1, 0.15) is 98.3 Å². The smallest absolute Gasteiger partial charge is 0.0774 e. The fraction of sp³-hybridized carbons (Fsp3) is 0.852. The Morgan fingerprint density at radius 3 is 2.67 bits per heavy atom. The first-order chi connectivity index (χ1) is 14.0. The second-order valence-electron chi connectivity index (χ2n) is 11.7. The molecule has 3 nitrogen and oxygen atoms in total. The summed E-state index contributed by atoms with van der Waals surface area (Å²) in [6.45, 7) is 12.9. The number of fused-ring (bicyclic) bond motifs is 1. The van der Waals surface area contributed by atoms with E-state index < -0.39 is 17.8 Å². The van der Waals surface area contributed by atoms with E-state index in [2.05, 4.69) is 26.5 Å². The van der Waals surface area contributed by atoms with Crippen molar-refractivity contribution < 1.29 is 15.3 Å². The molecule has 30 heavy (non-hydrogen) atoms. The minimum atomic E-state index is -0.549. The fourth-order valence-electron chi connectivity index (χ4n) is 7.12. The summed E-state index contributed by atoms with van der Waals surface area (Å²) in [6, 6.07) is 0. The van der Waals surface area contributed by atoms with Crippen molar-refractivity contribution in [3.63, 3.8) is 0 Å². The summed E-state index contributed by atoms with van der Waals surface area (Å²) in [4.78, 5) is 0. The average molecular weight is 419 g/mol. The van der Waals surface area contributed by atoms with Crippen LogP contribution in [0.5, 0.6) is 0 Å². The maximum Gasteiger partial charge on any atom is 0.0774 e. The predicted octanol–water partition coefficient (Wildman–Crippen LogP) is 5.78. The van der Waals surface area contributed by atoms with E-state index in [1.165, 1.54) is 38.5 Å². The highest BCUT2D eigenvalue weighted by Crippen LogP contribution is 2.60. The molecule has 0 aliphatic heterocycles. The molecule has 3 fully saturated rings. The SMILES string of the molecule is C=C1C(O)CC(O)CC1C/C=C1\CCC[C@@]2(C)C1CCC2[C@@H](C)CCCC(C)(C)O. The van der Waals surface area contributed by atoms with Crippen LogP contribution in [0.15, 0.2) is 23.8 Å². The molecule has 5 unspecified atom stereocenters. The quantitative estimate of drug-likeness (QED) is 0.459. The molecule has 3 heteroatoms. The predicted molar refractivity (Wildman–Crippen MR) is 124 cm³/mol. The third kappa shape index (κ3) is 5.40. The van der Waals surface area contributed by atoms with Gasteiger partial charge in [-0.15, -0.1) is 0 Å². The summed E-state index contributed by atoms with van der Waals surface area (Å²) >= 11 is 0. The maximum absolute atomic E-state index is 10.2. The van der Waals surface area contributed by atoms with Crippen molar-refractivity contribution in [1.29, 1.82) is 0 Å². The van der Waals surface area contributed by atoms with Gasteiger partial charge in [0.1, 0.15) is 0 Å². The molecule has 3 saturated carbocycles. The van der Waals surface area contributed by atoms with Crippen LogP contribution in [0.2, 0.25) is 0 Å². The molecule has 0 radical (unpaired) electrons. The molecule has 3 N–H and O–H groups in total. The van der Waals surface area contributed by atoms with E-state index in [9.17, 15) is 15.3 Å². The first kappa shape index (κ1) is 24.0. The van der Waals surface area contributed by atoms with E-state index in [-0.39, 0.29) is 5.92 Å². The van der Waals surface area contributed by atoms with Gasteiger partial charge in [0, 0.05) is 6.42 Å². The zero-order chi connectivity index (χ0) is 22.1. The van der Waals surface area contributed by atoms with E-state index in [0.29, 0.717) is 23.7 Å². The van der Waals surface area contributed by atoms with Crippen LogP contribution in [0.25, 0.3) is 0 Å². The van der Waals surface area contributed by atoms with Crippen LogP contribution in [0.3, 0.4) is 0 Å². The van der Waals surface area contributed by atoms with Gasteiger partial charge in [0.25, 0.3) is 0 Å². The number of hydrogen-bond acceptors (Lipinski definition) is 3. The Labute approximate surface area is 184 Å². The van der Waals surface area contributed by atoms with Crippen LogP contribution in [0.4, 0.5) is 0 Å². The molecule has 0 aromatic rings. The zero-order valence-electron chi connectivity index (χ0n) is 19.9. The normalized spacial score (nSPS) is 39.9. The molecule has 0 aromatic heterocycles. The fourth-order valence-corrected chi connectivity index (χ4v) is 7.12. The highest BCUT2D eigenvalue weighted by atomic mass is 16.3. The number of aliphatic hydroxyl groups excluding tert-OH is 2. The highest BCUT2D eigenvalue weighted by Gasteiger charge is 2.50. The molecule has 3 aliphatic rings. The minimum Gasteiger partial charge on any atom is -0.393 e. The largest absolute Gasteiger partial charge is 0.393 e. The maximum atomic E-state index is 10.2. The van der Waals surface area contributed by atoms with Crippen LogP contribution in [-0.2, 0) is 0 Å². The van der Waals surface area contributed by atoms with Gasteiger partial charge >= 0.3 is 0 Å². The van der Waals surface area contributed by atoms with Crippen molar-refractivity contribution >= 4 is 0 Å². The first-order valence-electron chi connectivity index (χ1n) is 12.5. The second-order valence-corrected chi connectivity index (χ2v) is 11.7. The molecule has 3 rings (SSSR count). The van der Waals surface area contributed by atoms with Crippen molar-refractivity contribution in [3.8, 4) is 0 Å². The Bertz CT molecular complexity index is 631. The molecule has 172 valence electrons. The third-order valence-electron chi connectivity index (χ3n) is 8.84. The third-order valence-corrected chi connectivity index (χ3v) is 8.84. The number of aliphatic hydroxyl groups is 3. The molecular formula is C27H46O3. The molecule has 0 spiro atoms. The van der Waals surface area contributed by atoms with Gasteiger partial charge < -0.3 is 15.3 Å². The Morgan fingerprint density at radius 2 is 1.97 bits per heavy atom. The van der Waals surface area contributed by atoms with Crippen LogP contribution >= 0.6 is 0 Å².